The fraction of sp³-hybridized carbons (Fsp3) is 0. The molecule has 0 radical (unpaired) electrons. The third kappa shape index (κ3) is 2.81. The highest BCUT2D eigenvalue weighted by Crippen LogP contribution is 2.41. The first-order valence-corrected chi connectivity index (χ1v) is 16.4. The van der Waals surface area contributed by atoms with Crippen LogP contribution < -0.4 is 11.0 Å². The molecule has 4 aliphatic heterocycles. The van der Waals surface area contributed by atoms with E-state index in [2.05, 4.69) is 32.7 Å². The maximum atomic E-state index is 7.75. The van der Waals surface area contributed by atoms with E-state index in [0.717, 1.165) is 66.4 Å². The number of nitrogens with zero attached hydrogens (tertiary/aromatic N) is 8. The van der Waals surface area contributed by atoms with Gasteiger partial charge in [-0.25, -0.2) is 30.0 Å². The number of amidine groups is 4. The molecule has 10 heteroatoms. The van der Waals surface area contributed by atoms with Crippen molar-refractivity contribution in [2.75, 3.05) is 0 Å². The molecule has 0 N–H and O–H groups in total. The van der Waals surface area contributed by atoms with Gasteiger partial charge < -0.3 is 8.47 Å². The molecule has 1 unspecified atom stereocenters. The molecule has 0 aliphatic carbocycles. The predicted octanol–water partition coefficient (Wildman–Crippen LogP) is 4.89. The Balaban J connectivity index is 1.50. The number of hydrogen-bond acceptors (Lipinski definition) is 6. The van der Waals surface area contributed by atoms with Crippen LogP contribution in [0, 0.1) is 0 Å². The summed E-state index contributed by atoms with van der Waals surface area (Å²) in [5, 5.41) is 3.81. The minimum absolute atomic E-state index is 0.610. The van der Waals surface area contributed by atoms with Crippen LogP contribution in [-0.2, 0) is 0 Å². The Kier molecular flexibility index (Phi) is 4.24. The molecule has 10 rings (SSSR count). The van der Waals surface area contributed by atoms with Crippen LogP contribution in [-0.4, -0.2) is 40.2 Å². The average Bonchev–Trinajstić information content (AvgIpc) is 3.74. The summed E-state index contributed by atoms with van der Waals surface area (Å²) >= 11 is 7.75. The van der Waals surface area contributed by atoms with Gasteiger partial charge in [0.2, 0.25) is 0 Å². The lowest BCUT2D eigenvalue weighted by molar-refractivity contribution is 0.983. The lowest BCUT2D eigenvalue weighted by Gasteiger charge is -2.17. The van der Waals surface area contributed by atoms with Crippen LogP contribution in [0.1, 0.15) is 22.3 Å². The molecule has 4 aromatic carbocycles. The van der Waals surface area contributed by atoms with E-state index in [1.807, 2.05) is 72.8 Å². The van der Waals surface area contributed by atoms with Crippen molar-refractivity contribution in [1.29, 1.82) is 0 Å². The fourth-order valence-electron chi connectivity index (χ4n) is 6.37. The second-order valence-corrected chi connectivity index (χ2v) is 13.3. The Morgan fingerprint density at radius 3 is 1.19 bits per heavy atom. The maximum Gasteiger partial charge on any atom is 0.363 e. The summed E-state index contributed by atoms with van der Waals surface area (Å²) in [5.41, 5.74) is 5.19. The van der Waals surface area contributed by atoms with Crippen LogP contribution in [0.4, 0.5) is 11.6 Å². The number of benzene rings is 4. The lowest BCUT2D eigenvalue weighted by atomic mass is 10.1. The quantitative estimate of drug-likeness (QED) is 0.182. The second kappa shape index (κ2) is 7.94. The van der Waals surface area contributed by atoms with Crippen LogP contribution >= 0.6 is 11.1 Å². The van der Waals surface area contributed by atoms with Gasteiger partial charge in [-0.05, 0) is 0 Å². The Bertz CT molecular complexity index is 2330. The van der Waals surface area contributed by atoms with Crippen molar-refractivity contribution in [2.45, 2.75) is 0 Å². The molecule has 8 nitrogen and oxygen atoms in total. The summed E-state index contributed by atoms with van der Waals surface area (Å²) in [4.78, 5) is 30.9. The largest absolute Gasteiger partial charge is 0.363 e. The van der Waals surface area contributed by atoms with Gasteiger partial charge in [-0.2, -0.15) is 0 Å². The normalized spacial score (nSPS) is 17.4. The molecule has 2 aromatic heterocycles. The van der Waals surface area contributed by atoms with Crippen molar-refractivity contribution in [2.24, 2.45) is 30.0 Å². The molecule has 6 heterocycles. The molecular formula is C32H17ClN8Si. The summed E-state index contributed by atoms with van der Waals surface area (Å²) in [6.07, 6.45) is 0. The minimum atomic E-state index is -2.71. The van der Waals surface area contributed by atoms with Crippen molar-refractivity contribution in [3.63, 3.8) is 0 Å². The number of rotatable bonds is 0. The topological polar surface area (TPSA) is 84.0 Å². The molecular weight excluding hydrogens is 560 g/mol. The van der Waals surface area contributed by atoms with Crippen LogP contribution in [0.2, 0.25) is 0 Å². The Hall–Kier alpha value is -5.25. The van der Waals surface area contributed by atoms with Gasteiger partial charge in [0.1, 0.15) is 22.6 Å². The van der Waals surface area contributed by atoms with Gasteiger partial charge in [0, 0.05) is 43.8 Å². The third-order valence-corrected chi connectivity index (χ3v) is 11.2. The summed E-state index contributed by atoms with van der Waals surface area (Å²) in [7, 11) is -2.71. The number of aromatic nitrogens is 2. The maximum absolute atomic E-state index is 7.75. The van der Waals surface area contributed by atoms with Crippen molar-refractivity contribution in [3.8, 4) is 0 Å². The van der Waals surface area contributed by atoms with E-state index in [0.29, 0.717) is 23.3 Å². The molecule has 6 bridgehead atoms. The van der Waals surface area contributed by atoms with Crippen LogP contribution in [0.5, 0.6) is 0 Å². The van der Waals surface area contributed by atoms with E-state index in [4.69, 9.17) is 41.0 Å². The summed E-state index contributed by atoms with van der Waals surface area (Å²) in [6, 6.07) is 32.6. The molecule has 0 saturated heterocycles. The lowest BCUT2D eigenvalue weighted by Crippen LogP contribution is -2.43. The first kappa shape index (κ1) is 22.4. The smallest absolute Gasteiger partial charge is 0.308 e. The SMILES string of the molecule is Cl[SiH]1n2c3c4ccccc4c2N=C2N=C(N=c4c5ccccc5c(n41)=NC1=NC(=N3)c3ccccc31)c1ccccc12. The highest BCUT2D eigenvalue weighted by atomic mass is 35.6. The van der Waals surface area contributed by atoms with Gasteiger partial charge in [0.05, 0.1) is 0 Å². The van der Waals surface area contributed by atoms with Crippen molar-refractivity contribution in [1.82, 2.24) is 8.47 Å². The Morgan fingerprint density at radius 2 is 0.762 bits per heavy atom. The Labute approximate surface area is 244 Å². The minimum Gasteiger partial charge on any atom is -0.308 e. The van der Waals surface area contributed by atoms with Gasteiger partial charge in [-0.3, -0.25) is 0 Å². The molecule has 6 aromatic rings. The predicted molar refractivity (Wildman–Crippen MR) is 168 cm³/mol. The van der Waals surface area contributed by atoms with Crippen LogP contribution in [0.15, 0.2) is 127 Å². The highest BCUT2D eigenvalue weighted by Gasteiger charge is 2.33. The van der Waals surface area contributed by atoms with Crippen molar-refractivity contribution >= 4 is 76.0 Å². The average molecular weight is 577 g/mol. The molecule has 0 spiro atoms. The summed E-state index contributed by atoms with van der Waals surface area (Å²) < 4.78 is 4.21. The zero-order chi connectivity index (χ0) is 27.5. The highest BCUT2D eigenvalue weighted by molar-refractivity contribution is 7.05. The zero-order valence-electron chi connectivity index (χ0n) is 21.8. The van der Waals surface area contributed by atoms with Gasteiger partial charge in [-0.1, -0.05) is 97.1 Å². The molecule has 1 atom stereocenters. The fourth-order valence-corrected chi connectivity index (χ4v) is 9.31. The molecule has 4 aliphatic rings. The zero-order valence-corrected chi connectivity index (χ0v) is 23.7. The van der Waals surface area contributed by atoms with E-state index in [-0.39, 0.29) is 0 Å². The van der Waals surface area contributed by atoms with E-state index >= 15 is 0 Å². The van der Waals surface area contributed by atoms with Crippen molar-refractivity contribution < 1.29 is 0 Å². The van der Waals surface area contributed by atoms with Gasteiger partial charge >= 0.3 is 8.43 Å². The van der Waals surface area contributed by atoms with Gasteiger partial charge in [0.15, 0.2) is 23.3 Å². The van der Waals surface area contributed by atoms with Crippen LogP contribution in [0.25, 0.3) is 21.5 Å². The van der Waals surface area contributed by atoms with E-state index in [9.17, 15) is 0 Å². The number of aliphatic imine (C=N–C) groups is 4. The van der Waals surface area contributed by atoms with Crippen molar-refractivity contribution in [3.05, 3.63) is 130 Å². The first-order chi connectivity index (χ1) is 20.7. The van der Waals surface area contributed by atoms with E-state index in [1.165, 1.54) is 0 Å². The molecule has 196 valence electrons. The molecule has 42 heavy (non-hydrogen) atoms. The molecule has 0 fully saturated rings. The molecule has 0 saturated carbocycles. The summed E-state index contributed by atoms with van der Waals surface area (Å²) in [6.45, 7) is 0. The number of fused-ring (bicyclic) bond motifs is 14. The first-order valence-electron chi connectivity index (χ1n) is 13.6. The monoisotopic (exact) mass is 576 g/mol. The Morgan fingerprint density at radius 1 is 0.405 bits per heavy atom. The molecule has 0 amide bonds. The second-order valence-electron chi connectivity index (χ2n) is 10.5. The third-order valence-electron chi connectivity index (χ3n) is 8.25. The number of halogens is 1. The number of hydrogen-bond donors (Lipinski definition) is 0. The van der Waals surface area contributed by atoms with E-state index in [1.54, 1.807) is 0 Å². The van der Waals surface area contributed by atoms with E-state index < -0.39 is 8.43 Å². The van der Waals surface area contributed by atoms with Gasteiger partial charge in [-0.15, -0.1) is 11.1 Å². The van der Waals surface area contributed by atoms with Gasteiger partial charge in [0.25, 0.3) is 0 Å². The standard InChI is InChI=1S/C32H17ClN8Si/c33-42-40-29-21-13-5-6-14-22(21)31(40)38-27-19-11-3-4-12-20(19)28(35-27)39-32-24-16-8-7-15-23(24)30(41(32)42)37-26-18-10-2-1-9-17(18)25(34-26)36-29/h1-16,42H. The van der Waals surface area contributed by atoms with Crippen LogP contribution in [0.3, 0.4) is 0 Å². The summed E-state index contributed by atoms with van der Waals surface area (Å²) in [5.74, 6) is 3.88.